The van der Waals surface area contributed by atoms with E-state index in [1.165, 1.54) is 83.5 Å². The van der Waals surface area contributed by atoms with E-state index in [1.807, 2.05) is 42.5 Å². The Hall–Kier alpha value is -2.70. The highest BCUT2D eigenvalue weighted by Crippen LogP contribution is 2.14. The lowest BCUT2D eigenvalue weighted by molar-refractivity contribution is -0.148. The van der Waals surface area contributed by atoms with Crippen molar-refractivity contribution in [3.63, 3.8) is 0 Å². The van der Waals surface area contributed by atoms with Crippen LogP contribution in [0.3, 0.4) is 0 Å². The molecule has 3 atom stereocenters. The number of hydrogen-bond acceptors (Lipinski definition) is 5. The Morgan fingerprint density at radius 1 is 0.604 bits per heavy atom. The number of unbranched alkanes of at least 4 members (excludes halogenated alkanes) is 18. The van der Waals surface area contributed by atoms with Crippen LogP contribution in [0.15, 0.2) is 72.9 Å². The number of aliphatic hydroxyl groups is 2. The smallest absolute Gasteiger partial charge is 0.306 e. The second kappa shape index (κ2) is 40.5. The van der Waals surface area contributed by atoms with Crippen LogP contribution < -0.4 is 5.32 Å². The molecule has 6 heteroatoms. The van der Waals surface area contributed by atoms with E-state index in [2.05, 4.69) is 50.4 Å². The second-order valence-electron chi connectivity index (χ2n) is 14.5. The lowest BCUT2D eigenvalue weighted by atomic mass is 10.0. The molecule has 0 heterocycles. The minimum absolute atomic E-state index is 0.0480. The number of carbonyl (C=O) groups excluding carboxylic acids is 2. The van der Waals surface area contributed by atoms with Gasteiger partial charge in [0.1, 0.15) is 6.10 Å². The van der Waals surface area contributed by atoms with Crippen LogP contribution in [0, 0.1) is 0 Å². The third-order valence-electron chi connectivity index (χ3n) is 9.36. The second-order valence-corrected chi connectivity index (χ2v) is 14.5. The van der Waals surface area contributed by atoms with Gasteiger partial charge >= 0.3 is 5.97 Å². The Bertz CT molecular complexity index is 1010. The maximum absolute atomic E-state index is 13.0. The molecule has 0 spiro atoms. The van der Waals surface area contributed by atoms with Crippen LogP contribution in [0.1, 0.15) is 188 Å². The minimum Gasteiger partial charge on any atom is -0.458 e. The monoisotopic (exact) mass is 740 g/mol. The van der Waals surface area contributed by atoms with Gasteiger partial charge in [-0.05, 0) is 57.4 Å². The number of esters is 1. The predicted octanol–water partition coefficient (Wildman–Crippen LogP) is 12.3. The van der Waals surface area contributed by atoms with Gasteiger partial charge in [-0.15, -0.1) is 0 Å². The topological polar surface area (TPSA) is 95.9 Å². The van der Waals surface area contributed by atoms with Crippen molar-refractivity contribution in [1.82, 2.24) is 5.32 Å². The van der Waals surface area contributed by atoms with Gasteiger partial charge in [0, 0.05) is 6.42 Å². The number of carbonyl (C=O) groups is 2. The van der Waals surface area contributed by atoms with Gasteiger partial charge in [0.05, 0.1) is 25.2 Å². The zero-order valence-electron chi connectivity index (χ0n) is 34.4. The molecular formula is C47H81NO5. The first kappa shape index (κ1) is 50.3. The summed E-state index contributed by atoms with van der Waals surface area (Å²) in [7, 11) is 0. The molecule has 6 nitrogen and oxygen atoms in total. The fraction of sp³-hybridized carbons (Fsp3) is 0.702. The van der Waals surface area contributed by atoms with Crippen molar-refractivity contribution < 1.29 is 24.5 Å². The van der Waals surface area contributed by atoms with E-state index in [1.54, 1.807) is 6.08 Å². The molecule has 304 valence electrons. The highest BCUT2D eigenvalue weighted by atomic mass is 16.5. The van der Waals surface area contributed by atoms with Crippen molar-refractivity contribution in [2.45, 2.75) is 206 Å². The normalized spacial score (nSPS) is 14.1. The summed E-state index contributed by atoms with van der Waals surface area (Å²) >= 11 is 0. The number of ether oxygens (including phenoxy) is 1. The SMILES string of the molecule is CC/C=C/C=C/C=C\C=C/CCCCCC(=O)OC(/C=C/C/C=C\CCCCCCCC)CC(=O)NC(CO)C(O)CCCCCCCCCCCC. The Balaban J connectivity index is 4.79. The molecule has 1 amide bonds. The van der Waals surface area contributed by atoms with Gasteiger partial charge in [-0.3, -0.25) is 9.59 Å². The zero-order valence-corrected chi connectivity index (χ0v) is 34.4. The molecule has 0 saturated carbocycles. The summed E-state index contributed by atoms with van der Waals surface area (Å²) in [4.78, 5) is 25.8. The molecule has 0 saturated heterocycles. The fourth-order valence-electron chi connectivity index (χ4n) is 6.05. The first-order chi connectivity index (χ1) is 26.0. The van der Waals surface area contributed by atoms with Crippen LogP contribution in [-0.4, -0.2) is 46.9 Å². The van der Waals surface area contributed by atoms with E-state index < -0.39 is 18.2 Å². The molecule has 0 aliphatic rings. The van der Waals surface area contributed by atoms with Gasteiger partial charge in [0.2, 0.25) is 5.91 Å². The molecule has 53 heavy (non-hydrogen) atoms. The number of nitrogens with one attached hydrogen (secondary N) is 1. The van der Waals surface area contributed by atoms with Gasteiger partial charge in [0.15, 0.2) is 0 Å². The van der Waals surface area contributed by atoms with E-state index >= 15 is 0 Å². The molecule has 0 bridgehead atoms. The standard InChI is InChI=1S/C47H81NO5/c1-4-7-10-13-16-19-22-23-25-28-31-34-37-40-47(52)53-43(38-35-32-29-26-24-20-17-14-11-8-5-2)41-46(51)48-44(42-49)45(50)39-36-33-30-27-21-18-15-12-9-6-3/h7,10,13,16,19,22-23,25-26,29,35,38,43-45,49-50H,4-6,8-9,11-12,14-15,17-18,20-21,24,27-28,30-34,36-37,39-42H2,1-3H3,(H,48,51)/b10-7+,16-13+,22-19-,25-23-,29-26-,38-35+. The number of allylic oxidation sites excluding steroid dienone is 11. The van der Waals surface area contributed by atoms with Gasteiger partial charge in [-0.2, -0.15) is 0 Å². The molecule has 0 rings (SSSR count). The molecule has 0 aromatic heterocycles. The van der Waals surface area contributed by atoms with Crippen LogP contribution in [-0.2, 0) is 14.3 Å². The van der Waals surface area contributed by atoms with Crippen molar-refractivity contribution in [1.29, 1.82) is 0 Å². The number of aliphatic hydroxyl groups excluding tert-OH is 2. The molecule has 3 N–H and O–H groups in total. The van der Waals surface area contributed by atoms with E-state index in [4.69, 9.17) is 4.74 Å². The molecule has 3 unspecified atom stereocenters. The maximum Gasteiger partial charge on any atom is 0.306 e. The summed E-state index contributed by atoms with van der Waals surface area (Å²) in [5, 5.41) is 23.5. The third kappa shape index (κ3) is 36.1. The largest absolute Gasteiger partial charge is 0.458 e. The Labute approximate surface area is 326 Å². The van der Waals surface area contributed by atoms with Gasteiger partial charge in [0.25, 0.3) is 0 Å². The van der Waals surface area contributed by atoms with Crippen molar-refractivity contribution in [2.75, 3.05) is 6.61 Å². The summed E-state index contributed by atoms with van der Waals surface area (Å²) < 4.78 is 5.76. The van der Waals surface area contributed by atoms with Gasteiger partial charge in [-0.1, -0.05) is 190 Å². The summed E-state index contributed by atoms with van der Waals surface area (Å²) in [5.74, 6) is -0.658. The third-order valence-corrected chi connectivity index (χ3v) is 9.36. The highest BCUT2D eigenvalue weighted by molar-refractivity contribution is 5.78. The fourth-order valence-corrected chi connectivity index (χ4v) is 6.05. The number of amides is 1. The van der Waals surface area contributed by atoms with E-state index in [9.17, 15) is 19.8 Å². The molecule has 0 radical (unpaired) electrons. The first-order valence-electron chi connectivity index (χ1n) is 21.7. The van der Waals surface area contributed by atoms with Crippen LogP contribution in [0.2, 0.25) is 0 Å². The summed E-state index contributed by atoms with van der Waals surface area (Å²) in [6, 6.07) is -0.741. The quantitative estimate of drug-likeness (QED) is 0.0255. The van der Waals surface area contributed by atoms with Crippen molar-refractivity contribution in [2.24, 2.45) is 0 Å². The molecule has 0 aliphatic heterocycles. The van der Waals surface area contributed by atoms with E-state index in [0.717, 1.165) is 57.8 Å². The molecule has 0 aromatic rings. The summed E-state index contributed by atoms with van der Waals surface area (Å²) in [5.41, 5.74) is 0. The molecular weight excluding hydrogens is 659 g/mol. The highest BCUT2D eigenvalue weighted by Gasteiger charge is 2.23. The first-order valence-corrected chi connectivity index (χ1v) is 21.7. The van der Waals surface area contributed by atoms with Crippen molar-refractivity contribution in [3.8, 4) is 0 Å². The lowest BCUT2D eigenvalue weighted by Gasteiger charge is -2.23. The molecule has 0 aromatic carbocycles. The van der Waals surface area contributed by atoms with Gasteiger partial charge in [-0.25, -0.2) is 0 Å². The lowest BCUT2D eigenvalue weighted by Crippen LogP contribution is -2.46. The van der Waals surface area contributed by atoms with E-state index in [-0.39, 0.29) is 24.9 Å². The summed E-state index contributed by atoms with van der Waals surface area (Å²) in [6.07, 6.45) is 49.9. The Morgan fingerprint density at radius 3 is 1.74 bits per heavy atom. The van der Waals surface area contributed by atoms with Crippen molar-refractivity contribution >= 4 is 11.9 Å². The molecule has 0 fully saturated rings. The average Bonchev–Trinajstić information content (AvgIpc) is 3.15. The summed E-state index contributed by atoms with van der Waals surface area (Å²) in [6.45, 7) is 6.25. The maximum atomic E-state index is 13.0. The van der Waals surface area contributed by atoms with Crippen LogP contribution in [0.5, 0.6) is 0 Å². The number of hydrogen-bond donors (Lipinski definition) is 3. The van der Waals surface area contributed by atoms with Crippen LogP contribution >= 0.6 is 0 Å². The zero-order chi connectivity index (χ0) is 38.9. The van der Waals surface area contributed by atoms with Crippen LogP contribution in [0.25, 0.3) is 0 Å². The van der Waals surface area contributed by atoms with Gasteiger partial charge < -0.3 is 20.3 Å². The average molecular weight is 740 g/mol. The van der Waals surface area contributed by atoms with Crippen LogP contribution in [0.4, 0.5) is 0 Å². The Kier molecular flexibility index (Phi) is 38.4. The Morgan fingerprint density at radius 2 is 1.13 bits per heavy atom. The number of rotatable bonds is 37. The molecule has 0 aliphatic carbocycles. The van der Waals surface area contributed by atoms with Crippen molar-refractivity contribution in [3.05, 3.63) is 72.9 Å². The minimum atomic E-state index is -0.818. The van der Waals surface area contributed by atoms with E-state index in [0.29, 0.717) is 19.3 Å². The predicted molar refractivity (Wildman–Crippen MR) is 227 cm³/mol.